The Morgan fingerprint density at radius 2 is 1.68 bits per heavy atom. The van der Waals surface area contributed by atoms with Crippen molar-refractivity contribution in [3.8, 4) is 12.3 Å². The molecule has 0 spiro atoms. The highest BCUT2D eigenvalue weighted by molar-refractivity contribution is 7.86. The SMILES string of the molecule is C#Cc1cccc(NC(=O)Nc2ccc(S(=O)(=O)F)cc2)c1. The van der Waals surface area contributed by atoms with E-state index in [1.54, 1.807) is 24.3 Å². The Morgan fingerprint density at radius 3 is 2.27 bits per heavy atom. The monoisotopic (exact) mass is 318 g/mol. The van der Waals surface area contributed by atoms with E-state index in [0.717, 1.165) is 12.1 Å². The summed E-state index contributed by atoms with van der Waals surface area (Å²) in [6.07, 6.45) is 5.26. The second-order valence-electron chi connectivity index (χ2n) is 4.27. The molecule has 0 bridgehead atoms. The number of anilines is 2. The summed E-state index contributed by atoms with van der Waals surface area (Å²) in [6.45, 7) is 0. The molecule has 0 aromatic heterocycles. The summed E-state index contributed by atoms with van der Waals surface area (Å²) in [5, 5.41) is 5.06. The molecule has 22 heavy (non-hydrogen) atoms. The van der Waals surface area contributed by atoms with Crippen molar-refractivity contribution >= 4 is 27.6 Å². The second kappa shape index (κ2) is 6.28. The molecule has 5 nitrogen and oxygen atoms in total. The molecule has 0 saturated heterocycles. The Labute approximate surface area is 127 Å². The smallest absolute Gasteiger partial charge is 0.308 e. The highest BCUT2D eigenvalue weighted by Gasteiger charge is 2.11. The number of halogens is 1. The number of hydrogen-bond acceptors (Lipinski definition) is 3. The van der Waals surface area contributed by atoms with Gasteiger partial charge in [0.05, 0.1) is 4.90 Å². The van der Waals surface area contributed by atoms with Crippen LogP contribution in [-0.2, 0) is 10.2 Å². The van der Waals surface area contributed by atoms with Gasteiger partial charge in [-0.3, -0.25) is 0 Å². The molecule has 2 rings (SSSR count). The summed E-state index contributed by atoms with van der Waals surface area (Å²) in [5.74, 6) is 2.45. The summed E-state index contributed by atoms with van der Waals surface area (Å²) in [4.78, 5) is 11.3. The van der Waals surface area contributed by atoms with Crippen molar-refractivity contribution in [2.24, 2.45) is 0 Å². The van der Waals surface area contributed by atoms with Crippen LogP contribution in [0.15, 0.2) is 53.4 Å². The Morgan fingerprint density at radius 1 is 1.05 bits per heavy atom. The van der Waals surface area contributed by atoms with E-state index in [1.807, 2.05) is 0 Å². The van der Waals surface area contributed by atoms with E-state index in [0.29, 0.717) is 16.9 Å². The molecule has 0 aliphatic heterocycles. The highest BCUT2D eigenvalue weighted by Crippen LogP contribution is 2.16. The molecule has 0 saturated carbocycles. The molecule has 2 amide bonds. The van der Waals surface area contributed by atoms with E-state index in [-0.39, 0.29) is 0 Å². The van der Waals surface area contributed by atoms with Gasteiger partial charge in [0, 0.05) is 16.9 Å². The van der Waals surface area contributed by atoms with E-state index in [2.05, 4.69) is 16.6 Å². The van der Waals surface area contributed by atoms with Crippen LogP contribution in [0.25, 0.3) is 0 Å². The van der Waals surface area contributed by atoms with Crippen LogP contribution in [0.3, 0.4) is 0 Å². The van der Waals surface area contributed by atoms with Crippen LogP contribution in [0, 0.1) is 12.3 Å². The fourth-order valence-electron chi connectivity index (χ4n) is 1.68. The van der Waals surface area contributed by atoms with Crippen molar-refractivity contribution in [1.82, 2.24) is 0 Å². The minimum atomic E-state index is -4.75. The normalized spacial score (nSPS) is 10.5. The zero-order valence-corrected chi connectivity index (χ0v) is 12.0. The molecule has 2 aromatic carbocycles. The van der Waals surface area contributed by atoms with Crippen LogP contribution in [0.1, 0.15) is 5.56 Å². The fraction of sp³-hybridized carbons (Fsp3) is 0. The first-order valence-electron chi connectivity index (χ1n) is 6.08. The van der Waals surface area contributed by atoms with E-state index in [9.17, 15) is 17.1 Å². The average molecular weight is 318 g/mol. The molecular weight excluding hydrogens is 307 g/mol. The molecular formula is C15H11FN2O3S. The predicted molar refractivity (Wildman–Crippen MR) is 81.8 cm³/mol. The van der Waals surface area contributed by atoms with Gasteiger partial charge in [0.25, 0.3) is 0 Å². The molecule has 0 heterocycles. The Bertz CT molecular complexity index is 840. The van der Waals surface area contributed by atoms with Crippen molar-refractivity contribution < 1.29 is 17.1 Å². The number of rotatable bonds is 3. The molecule has 0 fully saturated rings. The van der Waals surface area contributed by atoms with Crippen LogP contribution in [0.2, 0.25) is 0 Å². The van der Waals surface area contributed by atoms with Crippen molar-refractivity contribution in [2.45, 2.75) is 4.90 Å². The van der Waals surface area contributed by atoms with Gasteiger partial charge in [-0.1, -0.05) is 12.0 Å². The lowest BCUT2D eigenvalue weighted by molar-refractivity contribution is 0.262. The van der Waals surface area contributed by atoms with Crippen LogP contribution in [-0.4, -0.2) is 14.4 Å². The van der Waals surface area contributed by atoms with Gasteiger partial charge in [-0.15, -0.1) is 10.3 Å². The zero-order valence-electron chi connectivity index (χ0n) is 11.2. The third kappa shape index (κ3) is 4.07. The quantitative estimate of drug-likeness (QED) is 0.675. The summed E-state index contributed by atoms with van der Waals surface area (Å²) in [7, 11) is -4.75. The van der Waals surface area contributed by atoms with Crippen LogP contribution < -0.4 is 10.6 Å². The molecule has 0 aliphatic carbocycles. The van der Waals surface area contributed by atoms with E-state index >= 15 is 0 Å². The number of amides is 2. The number of terminal acetylenes is 1. The maximum atomic E-state index is 12.7. The lowest BCUT2D eigenvalue weighted by Gasteiger charge is -2.08. The van der Waals surface area contributed by atoms with Crippen LogP contribution >= 0.6 is 0 Å². The van der Waals surface area contributed by atoms with Crippen LogP contribution in [0.4, 0.5) is 20.1 Å². The highest BCUT2D eigenvalue weighted by atomic mass is 32.3. The second-order valence-corrected chi connectivity index (χ2v) is 5.61. The minimum Gasteiger partial charge on any atom is -0.308 e. The van der Waals surface area contributed by atoms with Gasteiger partial charge in [0.1, 0.15) is 0 Å². The molecule has 0 unspecified atom stereocenters. The molecule has 7 heteroatoms. The average Bonchev–Trinajstić information content (AvgIpc) is 2.47. The maximum absolute atomic E-state index is 12.7. The van der Waals surface area contributed by atoms with Gasteiger partial charge >= 0.3 is 16.3 Å². The summed E-state index contributed by atoms with van der Waals surface area (Å²) in [5.41, 5.74) is 1.45. The number of benzene rings is 2. The van der Waals surface area contributed by atoms with Gasteiger partial charge < -0.3 is 10.6 Å². The zero-order chi connectivity index (χ0) is 16.2. The van der Waals surface area contributed by atoms with Gasteiger partial charge in [0.15, 0.2) is 0 Å². The molecule has 2 aromatic rings. The van der Waals surface area contributed by atoms with E-state index in [4.69, 9.17) is 6.42 Å². The topological polar surface area (TPSA) is 75.3 Å². The standard InChI is InChI=1S/C15H11FN2O3S/c1-2-11-4-3-5-13(10-11)18-15(19)17-12-6-8-14(9-7-12)22(16,20)21/h1,3-10H,(H2,17,18,19). The van der Waals surface area contributed by atoms with E-state index in [1.165, 1.54) is 12.1 Å². The van der Waals surface area contributed by atoms with Crippen molar-refractivity contribution in [3.63, 3.8) is 0 Å². The summed E-state index contributed by atoms with van der Waals surface area (Å²) in [6, 6.07) is 10.9. The number of urea groups is 1. The van der Waals surface area contributed by atoms with Gasteiger partial charge in [0.2, 0.25) is 0 Å². The third-order valence-electron chi connectivity index (χ3n) is 2.68. The van der Waals surface area contributed by atoms with Crippen LogP contribution in [0.5, 0.6) is 0 Å². The third-order valence-corrected chi connectivity index (χ3v) is 3.52. The molecule has 2 N–H and O–H groups in total. The van der Waals surface area contributed by atoms with Crippen molar-refractivity contribution in [1.29, 1.82) is 0 Å². The molecule has 112 valence electrons. The predicted octanol–water partition coefficient (Wildman–Crippen LogP) is 2.97. The Hall–Kier alpha value is -2.85. The van der Waals surface area contributed by atoms with Crippen molar-refractivity contribution in [3.05, 3.63) is 54.1 Å². The number of carbonyl (C=O) groups excluding carboxylic acids is 1. The summed E-state index contributed by atoms with van der Waals surface area (Å²) < 4.78 is 34.1. The Balaban J connectivity index is 2.04. The molecule has 0 atom stereocenters. The minimum absolute atomic E-state index is 0.318. The lowest BCUT2D eigenvalue weighted by atomic mass is 10.2. The number of carbonyl (C=O) groups is 1. The number of hydrogen-bond donors (Lipinski definition) is 2. The van der Waals surface area contributed by atoms with Crippen molar-refractivity contribution in [2.75, 3.05) is 10.6 Å². The largest absolute Gasteiger partial charge is 0.332 e. The molecule has 0 radical (unpaired) electrons. The summed E-state index contributed by atoms with van der Waals surface area (Å²) >= 11 is 0. The first kappa shape index (κ1) is 15.5. The number of nitrogens with one attached hydrogen (secondary N) is 2. The van der Waals surface area contributed by atoms with Gasteiger partial charge in [-0.25, -0.2) is 4.79 Å². The fourth-order valence-corrected chi connectivity index (χ4v) is 2.14. The van der Waals surface area contributed by atoms with E-state index < -0.39 is 21.1 Å². The Kier molecular flexibility index (Phi) is 4.44. The first-order chi connectivity index (χ1) is 10.4. The van der Waals surface area contributed by atoms with Gasteiger partial charge in [-0.2, -0.15) is 8.42 Å². The lowest BCUT2D eigenvalue weighted by Crippen LogP contribution is -2.19. The molecule has 0 aliphatic rings. The first-order valence-corrected chi connectivity index (χ1v) is 7.46. The van der Waals surface area contributed by atoms with Gasteiger partial charge in [-0.05, 0) is 42.5 Å². The maximum Gasteiger partial charge on any atom is 0.332 e.